The normalized spacial score (nSPS) is 11.6. The Morgan fingerprint density at radius 2 is 1.79 bits per heavy atom. The number of benzene rings is 2. The van der Waals surface area contributed by atoms with Crippen molar-refractivity contribution < 1.29 is 17.9 Å². The lowest BCUT2D eigenvalue weighted by atomic mass is 10.3. The summed E-state index contributed by atoms with van der Waals surface area (Å²) in [6, 6.07) is 13.5. The van der Waals surface area contributed by atoms with Crippen molar-refractivity contribution in [3.63, 3.8) is 0 Å². The van der Waals surface area contributed by atoms with Gasteiger partial charge in [-0.1, -0.05) is 11.8 Å². The van der Waals surface area contributed by atoms with E-state index in [9.17, 15) is 13.2 Å². The monoisotopic (exact) mass is 498 g/mol. The standard InChI is InChI=1S/C22H22N6O4S2/c1-27(2)34(30,31)18-10-4-15(5-11-18)26-20(29)13-33-22-19-12-25-28(21(19)23-14-24-22)16-6-8-17(32-3)9-7-16/h4-12,14H,13H2,1-3H3,(H,26,29). The molecule has 0 aliphatic rings. The Labute approximate surface area is 201 Å². The number of carbonyl (C=O) groups is 1. The first kappa shape index (κ1) is 23.7. The lowest BCUT2D eigenvalue weighted by molar-refractivity contribution is -0.113. The van der Waals surface area contributed by atoms with Gasteiger partial charge in [-0.2, -0.15) is 5.10 Å². The van der Waals surface area contributed by atoms with Crippen molar-refractivity contribution >= 4 is 44.4 Å². The fourth-order valence-corrected chi connectivity index (χ4v) is 4.76. The number of carbonyl (C=O) groups excluding carboxylic acids is 1. The van der Waals surface area contributed by atoms with Gasteiger partial charge in [-0.3, -0.25) is 4.79 Å². The Kier molecular flexibility index (Phi) is 6.82. The SMILES string of the molecule is COc1ccc(-n2ncc3c(SCC(=O)Nc4ccc(S(=O)(=O)N(C)C)cc4)ncnc32)cc1. The smallest absolute Gasteiger partial charge is 0.242 e. The quantitative estimate of drug-likeness (QED) is 0.291. The van der Waals surface area contributed by atoms with Crippen molar-refractivity contribution in [2.24, 2.45) is 0 Å². The second-order valence-corrected chi connectivity index (χ2v) is 10.4. The molecule has 12 heteroatoms. The number of thioether (sulfide) groups is 1. The van der Waals surface area contributed by atoms with E-state index in [4.69, 9.17) is 4.74 Å². The lowest BCUT2D eigenvalue weighted by Gasteiger charge is -2.12. The minimum absolute atomic E-state index is 0.109. The number of amides is 1. The molecule has 0 aliphatic carbocycles. The zero-order valence-corrected chi connectivity index (χ0v) is 20.3. The third kappa shape index (κ3) is 4.88. The average molecular weight is 499 g/mol. The molecule has 0 unspecified atom stereocenters. The average Bonchev–Trinajstić information content (AvgIpc) is 3.28. The minimum atomic E-state index is -3.52. The summed E-state index contributed by atoms with van der Waals surface area (Å²) in [5, 5.41) is 8.55. The van der Waals surface area contributed by atoms with E-state index in [1.165, 1.54) is 44.3 Å². The van der Waals surface area contributed by atoms with Crippen molar-refractivity contribution in [2.75, 3.05) is 32.3 Å². The minimum Gasteiger partial charge on any atom is -0.497 e. The van der Waals surface area contributed by atoms with E-state index < -0.39 is 10.0 Å². The Morgan fingerprint density at radius 3 is 2.44 bits per heavy atom. The molecule has 2 aromatic heterocycles. The molecule has 2 aromatic carbocycles. The number of sulfonamides is 1. The second-order valence-electron chi connectivity index (χ2n) is 7.32. The van der Waals surface area contributed by atoms with E-state index in [-0.39, 0.29) is 16.6 Å². The third-order valence-corrected chi connectivity index (χ3v) is 7.74. The molecule has 0 radical (unpaired) electrons. The molecule has 10 nitrogen and oxygen atoms in total. The molecule has 0 saturated heterocycles. The first-order valence-electron chi connectivity index (χ1n) is 10.1. The molecule has 0 bridgehead atoms. The fourth-order valence-electron chi connectivity index (χ4n) is 3.10. The van der Waals surface area contributed by atoms with Gasteiger partial charge in [0.15, 0.2) is 5.65 Å². The highest BCUT2D eigenvalue weighted by Gasteiger charge is 2.17. The first-order chi connectivity index (χ1) is 16.3. The van der Waals surface area contributed by atoms with Gasteiger partial charge in [0.25, 0.3) is 0 Å². The van der Waals surface area contributed by atoms with Crippen LogP contribution in [0.2, 0.25) is 0 Å². The molecule has 4 rings (SSSR count). The summed E-state index contributed by atoms with van der Waals surface area (Å²) in [6.07, 6.45) is 3.11. The zero-order valence-electron chi connectivity index (χ0n) is 18.7. The Balaban J connectivity index is 1.44. The number of nitrogens with zero attached hydrogens (tertiary/aromatic N) is 5. The number of aromatic nitrogens is 4. The van der Waals surface area contributed by atoms with E-state index in [0.29, 0.717) is 16.4 Å². The number of hydrogen-bond donors (Lipinski definition) is 1. The molecule has 2 heterocycles. The van der Waals surface area contributed by atoms with Gasteiger partial charge in [0.05, 0.1) is 35.0 Å². The predicted molar refractivity (Wildman–Crippen MR) is 130 cm³/mol. The summed E-state index contributed by atoms with van der Waals surface area (Å²) in [6.45, 7) is 0. The van der Waals surface area contributed by atoms with Gasteiger partial charge in [-0.05, 0) is 48.5 Å². The molecule has 0 aliphatic heterocycles. The van der Waals surface area contributed by atoms with Crippen molar-refractivity contribution in [1.29, 1.82) is 0 Å². The van der Waals surface area contributed by atoms with Crippen LogP contribution in [0.5, 0.6) is 5.75 Å². The van der Waals surface area contributed by atoms with Crippen LogP contribution in [0.4, 0.5) is 5.69 Å². The van der Waals surface area contributed by atoms with E-state index in [1.54, 1.807) is 30.1 Å². The van der Waals surface area contributed by atoms with Crippen LogP contribution >= 0.6 is 11.8 Å². The fraction of sp³-hybridized carbons (Fsp3) is 0.182. The van der Waals surface area contributed by atoms with Gasteiger partial charge >= 0.3 is 0 Å². The molecule has 4 aromatic rings. The first-order valence-corrected chi connectivity index (χ1v) is 12.5. The van der Waals surface area contributed by atoms with E-state index >= 15 is 0 Å². The number of rotatable bonds is 8. The number of fused-ring (bicyclic) bond motifs is 1. The number of methoxy groups -OCH3 is 1. The summed E-state index contributed by atoms with van der Waals surface area (Å²) < 4.78 is 32.4. The number of ether oxygens (including phenoxy) is 1. The Hall–Kier alpha value is -3.48. The van der Waals surface area contributed by atoms with Crippen LogP contribution in [-0.2, 0) is 14.8 Å². The van der Waals surface area contributed by atoms with Crippen molar-refractivity contribution in [1.82, 2.24) is 24.1 Å². The van der Waals surface area contributed by atoms with Crippen LogP contribution in [0.3, 0.4) is 0 Å². The molecule has 176 valence electrons. The number of hydrogen-bond acceptors (Lipinski definition) is 8. The van der Waals surface area contributed by atoms with Crippen LogP contribution in [0.1, 0.15) is 0 Å². The van der Waals surface area contributed by atoms with Gasteiger partial charge in [0, 0.05) is 19.8 Å². The van der Waals surface area contributed by atoms with Crippen LogP contribution in [0.25, 0.3) is 16.7 Å². The lowest BCUT2D eigenvalue weighted by Crippen LogP contribution is -2.22. The van der Waals surface area contributed by atoms with Crippen LogP contribution in [0, 0.1) is 0 Å². The zero-order chi connectivity index (χ0) is 24.3. The van der Waals surface area contributed by atoms with Crippen molar-refractivity contribution in [2.45, 2.75) is 9.92 Å². The van der Waals surface area contributed by atoms with Gasteiger partial charge in [-0.25, -0.2) is 27.4 Å². The van der Waals surface area contributed by atoms with Crippen LogP contribution in [0.15, 0.2) is 71.0 Å². The summed E-state index contributed by atoms with van der Waals surface area (Å²) in [4.78, 5) is 21.3. The Bertz CT molecular complexity index is 1420. The summed E-state index contributed by atoms with van der Waals surface area (Å²) >= 11 is 1.26. The number of nitrogens with one attached hydrogen (secondary N) is 1. The van der Waals surface area contributed by atoms with Crippen LogP contribution in [-0.4, -0.2) is 65.3 Å². The van der Waals surface area contributed by atoms with Crippen molar-refractivity contribution in [3.05, 3.63) is 61.1 Å². The molecule has 0 spiro atoms. The van der Waals surface area contributed by atoms with E-state index in [2.05, 4.69) is 20.4 Å². The molecule has 1 amide bonds. The predicted octanol–water partition coefficient (Wildman–Crippen LogP) is 2.81. The molecule has 0 saturated carbocycles. The van der Waals surface area contributed by atoms with Gasteiger partial charge in [0.1, 0.15) is 17.1 Å². The highest BCUT2D eigenvalue weighted by molar-refractivity contribution is 8.00. The molecular formula is C22H22N6O4S2. The third-order valence-electron chi connectivity index (χ3n) is 4.90. The molecule has 34 heavy (non-hydrogen) atoms. The van der Waals surface area contributed by atoms with Crippen LogP contribution < -0.4 is 10.1 Å². The van der Waals surface area contributed by atoms with E-state index in [0.717, 1.165) is 21.1 Å². The summed E-state index contributed by atoms with van der Waals surface area (Å²) in [5.74, 6) is 0.603. The second kappa shape index (κ2) is 9.79. The highest BCUT2D eigenvalue weighted by Crippen LogP contribution is 2.26. The largest absolute Gasteiger partial charge is 0.497 e. The summed E-state index contributed by atoms with van der Waals surface area (Å²) in [7, 11) is 1.01. The molecule has 1 N–H and O–H groups in total. The maximum Gasteiger partial charge on any atom is 0.242 e. The Morgan fingerprint density at radius 1 is 1.09 bits per heavy atom. The van der Waals surface area contributed by atoms with Gasteiger partial charge in [0.2, 0.25) is 15.9 Å². The maximum atomic E-state index is 12.5. The molecular weight excluding hydrogens is 476 g/mol. The summed E-state index contributed by atoms with van der Waals surface area (Å²) in [5.41, 5.74) is 1.95. The van der Waals surface area contributed by atoms with Gasteiger partial charge < -0.3 is 10.1 Å². The van der Waals surface area contributed by atoms with Gasteiger partial charge in [-0.15, -0.1) is 0 Å². The molecule has 0 atom stereocenters. The highest BCUT2D eigenvalue weighted by atomic mass is 32.2. The number of anilines is 1. The van der Waals surface area contributed by atoms with Crippen molar-refractivity contribution in [3.8, 4) is 11.4 Å². The molecule has 0 fully saturated rings. The van der Waals surface area contributed by atoms with E-state index in [1.807, 2.05) is 24.3 Å². The maximum absolute atomic E-state index is 12.5. The topological polar surface area (TPSA) is 119 Å².